The summed E-state index contributed by atoms with van der Waals surface area (Å²) in [6.07, 6.45) is 30.2. The second kappa shape index (κ2) is 33.0. The SMILES string of the molecule is CCCCCCCC(CCCCCCC)OC(=O)CCCC(CCCC(=O)OC(CCCCCCC)CCCCCCC)OS(C)(=O)=O. The molecule has 0 rings (SSSR count). The van der Waals surface area contributed by atoms with Crippen molar-refractivity contribution in [2.75, 3.05) is 6.26 Å². The lowest BCUT2D eigenvalue weighted by Gasteiger charge is -2.20. The van der Waals surface area contributed by atoms with Gasteiger partial charge in [0.25, 0.3) is 10.1 Å². The lowest BCUT2D eigenvalue weighted by Crippen LogP contribution is -2.21. The van der Waals surface area contributed by atoms with Gasteiger partial charge in [-0.1, -0.05) is 130 Å². The fraction of sp³-hybridized carbons (Fsp3) is 0.950. The Balaban J connectivity index is 4.82. The van der Waals surface area contributed by atoms with E-state index >= 15 is 0 Å². The van der Waals surface area contributed by atoms with Crippen LogP contribution in [0.15, 0.2) is 0 Å². The fourth-order valence-electron chi connectivity index (χ4n) is 6.35. The summed E-state index contributed by atoms with van der Waals surface area (Å²) >= 11 is 0. The van der Waals surface area contributed by atoms with E-state index in [1.165, 1.54) is 103 Å². The van der Waals surface area contributed by atoms with E-state index in [2.05, 4.69) is 27.7 Å². The Bertz CT molecular complexity index is 765. The van der Waals surface area contributed by atoms with Gasteiger partial charge in [0.15, 0.2) is 0 Å². The van der Waals surface area contributed by atoms with Crippen molar-refractivity contribution >= 4 is 22.1 Å². The Morgan fingerprint density at radius 1 is 0.417 bits per heavy atom. The van der Waals surface area contributed by atoms with Crippen LogP contribution in [0, 0.1) is 0 Å². The Morgan fingerprint density at radius 2 is 0.688 bits per heavy atom. The van der Waals surface area contributed by atoms with Crippen LogP contribution >= 0.6 is 0 Å². The molecule has 0 saturated carbocycles. The molecule has 8 heteroatoms. The summed E-state index contributed by atoms with van der Waals surface area (Å²) in [5.41, 5.74) is 0. The van der Waals surface area contributed by atoms with Gasteiger partial charge in [0.05, 0.1) is 12.4 Å². The second-order valence-corrected chi connectivity index (χ2v) is 15.8. The highest BCUT2D eigenvalue weighted by molar-refractivity contribution is 7.86. The molecule has 0 N–H and O–H groups in total. The van der Waals surface area contributed by atoms with Crippen LogP contribution in [-0.2, 0) is 33.4 Å². The first kappa shape index (κ1) is 46.9. The van der Waals surface area contributed by atoms with Crippen molar-refractivity contribution in [1.29, 1.82) is 0 Å². The zero-order valence-electron chi connectivity index (χ0n) is 32.2. The molecule has 286 valence electrons. The topological polar surface area (TPSA) is 96.0 Å². The molecule has 0 aliphatic carbocycles. The summed E-state index contributed by atoms with van der Waals surface area (Å²) in [7, 11) is -3.66. The van der Waals surface area contributed by atoms with Crippen molar-refractivity contribution in [3.05, 3.63) is 0 Å². The van der Waals surface area contributed by atoms with Crippen LogP contribution in [0.3, 0.4) is 0 Å². The lowest BCUT2D eigenvalue weighted by molar-refractivity contribution is -0.150. The third kappa shape index (κ3) is 32.1. The van der Waals surface area contributed by atoms with Crippen LogP contribution in [0.4, 0.5) is 0 Å². The molecule has 0 bridgehead atoms. The largest absolute Gasteiger partial charge is 0.462 e. The van der Waals surface area contributed by atoms with Gasteiger partial charge in [0.1, 0.15) is 12.2 Å². The molecule has 0 saturated heterocycles. The predicted molar refractivity (Wildman–Crippen MR) is 201 cm³/mol. The fourth-order valence-corrected chi connectivity index (χ4v) is 7.04. The normalized spacial score (nSPS) is 12.0. The van der Waals surface area contributed by atoms with E-state index in [9.17, 15) is 18.0 Å². The highest BCUT2D eigenvalue weighted by Crippen LogP contribution is 2.21. The number of carbonyl (C=O) groups is 2. The molecule has 0 aromatic rings. The minimum atomic E-state index is -3.66. The van der Waals surface area contributed by atoms with Crippen LogP contribution in [-0.4, -0.2) is 44.9 Å². The number of esters is 2. The first-order valence-corrected chi connectivity index (χ1v) is 22.2. The molecule has 48 heavy (non-hydrogen) atoms. The third-order valence-electron chi connectivity index (χ3n) is 9.24. The molecule has 0 aromatic heterocycles. The summed E-state index contributed by atoms with van der Waals surface area (Å²) in [5, 5.41) is 0. The molecule has 0 spiro atoms. The van der Waals surface area contributed by atoms with Gasteiger partial charge in [-0.3, -0.25) is 13.8 Å². The molecular formula is C40H78O7S. The molecule has 0 aliphatic rings. The van der Waals surface area contributed by atoms with E-state index in [1.807, 2.05) is 0 Å². The predicted octanol–water partition coefficient (Wildman–Crippen LogP) is 11.9. The van der Waals surface area contributed by atoms with E-state index in [4.69, 9.17) is 13.7 Å². The first-order valence-electron chi connectivity index (χ1n) is 20.4. The monoisotopic (exact) mass is 703 g/mol. The third-order valence-corrected chi connectivity index (χ3v) is 9.86. The molecule has 0 atom stereocenters. The summed E-state index contributed by atoms with van der Waals surface area (Å²) in [6, 6.07) is 0. The average molecular weight is 703 g/mol. The second-order valence-electron chi connectivity index (χ2n) is 14.2. The van der Waals surface area contributed by atoms with Gasteiger partial charge in [0.2, 0.25) is 0 Å². The summed E-state index contributed by atoms with van der Waals surface area (Å²) in [5.74, 6) is -0.418. The molecule has 0 fully saturated rings. The first-order chi connectivity index (χ1) is 23.1. The van der Waals surface area contributed by atoms with Gasteiger partial charge in [-0.25, -0.2) is 0 Å². The Hall–Kier alpha value is -1.15. The quantitative estimate of drug-likeness (QED) is 0.0364. The molecule has 0 unspecified atom stereocenters. The van der Waals surface area contributed by atoms with E-state index in [0.717, 1.165) is 57.6 Å². The molecule has 7 nitrogen and oxygen atoms in total. The van der Waals surface area contributed by atoms with Crippen LogP contribution < -0.4 is 0 Å². The van der Waals surface area contributed by atoms with Gasteiger partial charge in [-0.2, -0.15) is 8.42 Å². The van der Waals surface area contributed by atoms with Crippen LogP contribution in [0.5, 0.6) is 0 Å². The van der Waals surface area contributed by atoms with E-state index < -0.39 is 16.2 Å². The summed E-state index contributed by atoms with van der Waals surface area (Å²) < 4.78 is 41.2. The smallest absolute Gasteiger partial charge is 0.306 e. The average Bonchev–Trinajstić information content (AvgIpc) is 3.03. The highest BCUT2D eigenvalue weighted by atomic mass is 32.2. The number of carbonyl (C=O) groups excluding carboxylic acids is 2. The molecule has 0 heterocycles. The molecule has 0 radical (unpaired) electrons. The molecule has 0 aliphatic heterocycles. The van der Waals surface area contributed by atoms with Gasteiger partial charge in [0, 0.05) is 12.8 Å². The summed E-state index contributed by atoms with van der Waals surface area (Å²) in [6.45, 7) is 8.85. The van der Waals surface area contributed by atoms with Crippen molar-refractivity contribution in [2.45, 2.75) is 239 Å². The van der Waals surface area contributed by atoms with E-state index in [0.29, 0.717) is 25.7 Å². The Morgan fingerprint density at radius 3 is 0.958 bits per heavy atom. The lowest BCUT2D eigenvalue weighted by atomic mass is 10.0. The minimum absolute atomic E-state index is 0.0358. The Kier molecular flexibility index (Phi) is 32.2. The highest BCUT2D eigenvalue weighted by Gasteiger charge is 2.20. The maximum absolute atomic E-state index is 12.8. The van der Waals surface area contributed by atoms with Gasteiger partial charge >= 0.3 is 11.9 Å². The number of ether oxygens (including phenoxy) is 2. The van der Waals surface area contributed by atoms with E-state index in [1.54, 1.807) is 0 Å². The zero-order valence-corrected chi connectivity index (χ0v) is 33.0. The van der Waals surface area contributed by atoms with Crippen molar-refractivity contribution in [3.8, 4) is 0 Å². The zero-order chi connectivity index (χ0) is 35.7. The number of hydrogen-bond donors (Lipinski definition) is 0. The van der Waals surface area contributed by atoms with Gasteiger partial charge in [-0.05, 0) is 77.0 Å². The van der Waals surface area contributed by atoms with Gasteiger partial charge in [-0.15, -0.1) is 0 Å². The van der Waals surface area contributed by atoms with Crippen molar-refractivity contribution in [2.24, 2.45) is 0 Å². The van der Waals surface area contributed by atoms with Crippen LogP contribution in [0.1, 0.15) is 220 Å². The van der Waals surface area contributed by atoms with Crippen molar-refractivity contribution in [1.82, 2.24) is 0 Å². The standard InChI is InChI=1S/C40H78O7S/c1-6-10-14-18-22-28-36(29-23-19-15-11-7-2)45-39(41)34-26-32-38(47-48(5,43)44)33-27-35-40(42)46-37(30-24-20-16-12-8-3)31-25-21-17-13-9-4/h36-38H,6-35H2,1-5H3. The van der Waals surface area contributed by atoms with E-state index in [-0.39, 0.29) is 37.0 Å². The molecule has 0 amide bonds. The number of rotatable bonds is 36. The van der Waals surface area contributed by atoms with Crippen molar-refractivity contribution < 1.29 is 31.7 Å². The minimum Gasteiger partial charge on any atom is -0.462 e. The van der Waals surface area contributed by atoms with Crippen LogP contribution in [0.25, 0.3) is 0 Å². The number of unbranched alkanes of at least 4 members (excludes halogenated alkanes) is 16. The number of hydrogen-bond acceptors (Lipinski definition) is 7. The molecule has 0 aromatic carbocycles. The summed E-state index contributed by atoms with van der Waals surface area (Å²) in [4.78, 5) is 25.6. The molecular weight excluding hydrogens is 625 g/mol. The van der Waals surface area contributed by atoms with Crippen LogP contribution in [0.2, 0.25) is 0 Å². The van der Waals surface area contributed by atoms with Gasteiger partial charge < -0.3 is 9.47 Å². The maximum Gasteiger partial charge on any atom is 0.306 e. The maximum atomic E-state index is 12.8. The Labute approximate surface area is 297 Å². The van der Waals surface area contributed by atoms with Crippen molar-refractivity contribution in [3.63, 3.8) is 0 Å².